The molecule has 1 aliphatic heterocycles. The number of carbonyl (C=O) groups is 2. The summed E-state index contributed by atoms with van der Waals surface area (Å²) in [5.74, 6) is -1.24. The van der Waals surface area contributed by atoms with Gasteiger partial charge in [0.05, 0.1) is 5.56 Å². The molecule has 0 spiro atoms. The summed E-state index contributed by atoms with van der Waals surface area (Å²) in [6, 6.07) is 0. The molecule has 0 radical (unpaired) electrons. The van der Waals surface area contributed by atoms with Crippen molar-refractivity contribution in [2.24, 2.45) is 0 Å². The van der Waals surface area contributed by atoms with E-state index in [-0.39, 0.29) is 11.5 Å². The summed E-state index contributed by atoms with van der Waals surface area (Å²) >= 11 is 1.31. The number of carboxylic acid groups (broad SMARTS) is 1. The first-order chi connectivity index (χ1) is 9.04. The van der Waals surface area contributed by atoms with Crippen molar-refractivity contribution >= 4 is 28.2 Å². The van der Waals surface area contributed by atoms with Gasteiger partial charge < -0.3 is 15.2 Å². The number of hydrogen-bond donors (Lipinski definition) is 2. The predicted octanol–water partition coefficient (Wildman–Crippen LogP) is 2.43. The van der Waals surface area contributed by atoms with Crippen LogP contribution >= 0.6 is 11.3 Å². The van der Waals surface area contributed by atoms with E-state index in [0.717, 1.165) is 16.9 Å². The average molecular weight is 283 g/mol. The average Bonchev–Trinajstić information content (AvgIpc) is 2.96. The fourth-order valence-corrected chi connectivity index (χ4v) is 3.44. The van der Waals surface area contributed by atoms with Crippen molar-refractivity contribution < 1.29 is 19.4 Å². The number of carboxylic acids is 1. The Morgan fingerprint density at radius 2 is 2.26 bits per heavy atom. The van der Waals surface area contributed by atoms with Gasteiger partial charge in [-0.3, -0.25) is 4.79 Å². The smallest absolute Gasteiger partial charge is 0.339 e. The summed E-state index contributed by atoms with van der Waals surface area (Å²) in [5, 5.41) is 12.4. The zero-order valence-corrected chi connectivity index (χ0v) is 11.8. The Labute approximate surface area is 115 Å². The number of nitrogens with one attached hydrogen (secondary N) is 1. The zero-order valence-electron chi connectivity index (χ0n) is 11.0. The topological polar surface area (TPSA) is 75.6 Å². The molecule has 5 nitrogen and oxygen atoms in total. The zero-order chi connectivity index (χ0) is 14.0. The minimum atomic E-state index is -0.996. The van der Waals surface area contributed by atoms with Crippen molar-refractivity contribution in [3.63, 3.8) is 0 Å². The van der Waals surface area contributed by atoms with E-state index in [4.69, 9.17) is 4.74 Å². The molecule has 6 heteroatoms. The number of rotatable bonds is 4. The third-order valence-corrected chi connectivity index (χ3v) is 4.30. The Morgan fingerprint density at radius 3 is 2.79 bits per heavy atom. The van der Waals surface area contributed by atoms with E-state index in [0.29, 0.717) is 24.4 Å². The lowest BCUT2D eigenvalue weighted by Crippen LogP contribution is -2.27. The van der Waals surface area contributed by atoms with Crippen LogP contribution < -0.4 is 5.32 Å². The van der Waals surface area contributed by atoms with Crippen molar-refractivity contribution in [2.45, 2.75) is 39.2 Å². The number of anilines is 1. The molecule has 0 aliphatic carbocycles. The van der Waals surface area contributed by atoms with Crippen LogP contribution in [-0.2, 0) is 16.0 Å². The van der Waals surface area contributed by atoms with E-state index < -0.39 is 12.1 Å². The number of carbonyl (C=O) groups excluding carboxylic acids is 1. The first-order valence-electron chi connectivity index (χ1n) is 6.32. The molecule has 2 N–H and O–H groups in total. The molecular formula is C13H17NO4S. The normalized spacial score (nSPS) is 18.5. The summed E-state index contributed by atoms with van der Waals surface area (Å²) in [6.45, 7) is 4.37. The maximum Gasteiger partial charge on any atom is 0.339 e. The monoisotopic (exact) mass is 283 g/mol. The summed E-state index contributed by atoms with van der Waals surface area (Å²) in [4.78, 5) is 24.3. The van der Waals surface area contributed by atoms with Gasteiger partial charge in [-0.25, -0.2) is 4.79 Å². The minimum absolute atomic E-state index is 0.219. The van der Waals surface area contributed by atoms with Crippen LogP contribution in [-0.4, -0.2) is 29.7 Å². The highest BCUT2D eigenvalue weighted by molar-refractivity contribution is 7.16. The number of aryl methyl sites for hydroxylation is 1. The van der Waals surface area contributed by atoms with E-state index in [1.54, 1.807) is 0 Å². The second-order valence-electron chi connectivity index (χ2n) is 4.49. The largest absolute Gasteiger partial charge is 0.478 e. The van der Waals surface area contributed by atoms with Crippen molar-refractivity contribution in [1.82, 2.24) is 0 Å². The highest BCUT2D eigenvalue weighted by Crippen LogP contribution is 2.33. The van der Waals surface area contributed by atoms with Gasteiger partial charge >= 0.3 is 5.97 Å². The summed E-state index contributed by atoms with van der Waals surface area (Å²) in [5.41, 5.74) is 1.01. The fourth-order valence-electron chi connectivity index (χ4n) is 2.30. The van der Waals surface area contributed by atoms with Crippen LogP contribution in [0.2, 0.25) is 0 Å². The van der Waals surface area contributed by atoms with E-state index in [9.17, 15) is 14.7 Å². The molecular weight excluding hydrogens is 266 g/mol. The van der Waals surface area contributed by atoms with Crippen LogP contribution in [0.5, 0.6) is 0 Å². The first kappa shape index (κ1) is 14.0. The van der Waals surface area contributed by atoms with Crippen molar-refractivity contribution in [2.75, 3.05) is 11.9 Å². The van der Waals surface area contributed by atoms with Gasteiger partial charge in [0.25, 0.3) is 5.91 Å². The van der Waals surface area contributed by atoms with E-state index >= 15 is 0 Å². The van der Waals surface area contributed by atoms with Gasteiger partial charge in [0, 0.05) is 11.5 Å². The number of hydrogen-bond acceptors (Lipinski definition) is 4. The summed E-state index contributed by atoms with van der Waals surface area (Å²) in [7, 11) is 0. The molecule has 19 heavy (non-hydrogen) atoms. The van der Waals surface area contributed by atoms with Crippen LogP contribution in [0.1, 0.15) is 40.6 Å². The Bertz CT molecular complexity index is 503. The lowest BCUT2D eigenvalue weighted by molar-refractivity contribution is -0.124. The fraction of sp³-hybridized carbons (Fsp3) is 0.538. The standard InChI is InChI=1S/C13H17NO4S/c1-3-8-7(2)19-12(10(8)13(16)17)14-11(15)9-5-4-6-18-9/h9H,3-6H2,1-2H3,(H,14,15)(H,16,17)/t9-/m0/s1. The van der Waals surface area contributed by atoms with Crippen LogP contribution in [0, 0.1) is 6.92 Å². The second kappa shape index (κ2) is 5.71. The molecule has 1 aromatic rings. The number of amides is 1. The Balaban J connectivity index is 2.24. The molecule has 2 rings (SSSR count). The molecule has 0 aromatic carbocycles. The third-order valence-electron chi connectivity index (χ3n) is 3.24. The molecule has 0 saturated carbocycles. The second-order valence-corrected chi connectivity index (χ2v) is 5.72. The minimum Gasteiger partial charge on any atom is -0.478 e. The molecule has 1 aliphatic rings. The highest BCUT2D eigenvalue weighted by Gasteiger charge is 2.27. The Kier molecular flexibility index (Phi) is 4.21. The Morgan fingerprint density at radius 1 is 1.53 bits per heavy atom. The van der Waals surface area contributed by atoms with Gasteiger partial charge in [-0.15, -0.1) is 11.3 Å². The molecule has 1 amide bonds. The van der Waals surface area contributed by atoms with Gasteiger partial charge in [-0.2, -0.15) is 0 Å². The third kappa shape index (κ3) is 2.79. The molecule has 1 aromatic heterocycles. The van der Waals surface area contributed by atoms with Crippen LogP contribution in [0.25, 0.3) is 0 Å². The maximum absolute atomic E-state index is 12.0. The van der Waals surface area contributed by atoms with Crippen molar-refractivity contribution in [1.29, 1.82) is 0 Å². The van der Waals surface area contributed by atoms with Crippen LogP contribution in [0.3, 0.4) is 0 Å². The van der Waals surface area contributed by atoms with E-state index in [2.05, 4.69) is 5.32 Å². The summed E-state index contributed by atoms with van der Waals surface area (Å²) in [6.07, 6.45) is 1.75. The van der Waals surface area contributed by atoms with Gasteiger partial charge in [0.1, 0.15) is 11.1 Å². The lowest BCUT2D eigenvalue weighted by atomic mass is 10.1. The van der Waals surface area contributed by atoms with Crippen molar-refractivity contribution in [3.05, 3.63) is 16.0 Å². The lowest BCUT2D eigenvalue weighted by Gasteiger charge is -2.09. The molecule has 0 bridgehead atoms. The molecule has 104 valence electrons. The van der Waals surface area contributed by atoms with Crippen LogP contribution in [0.15, 0.2) is 0 Å². The van der Waals surface area contributed by atoms with Gasteiger partial charge in [-0.1, -0.05) is 6.92 Å². The van der Waals surface area contributed by atoms with Gasteiger partial charge in [0.2, 0.25) is 0 Å². The molecule has 1 fully saturated rings. The number of ether oxygens (including phenoxy) is 1. The van der Waals surface area contributed by atoms with Crippen LogP contribution in [0.4, 0.5) is 5.00 Å². The molecule has 0 unspecified atom stereocenters. The Hall–Kier alpha value is -1.40. The quantitative estimate of drug-likeness (QED) is 0.890. The summed E-state index contributed by atoms with van der Waals surface area (Å²) < 4.78 is 5.30. The number of aromatic carboxylic acids is 1. The predicted molar refractivity (Wildman–Crippen MR) is 73.0 cm³/mol. The van der Waals surface area contributed by atoms with E-state index in [1.165, 1.54) is 11.3 Å². The van der Waals surface area contributed by atoms with Gasteiger partial charge in [-0.05, 0) is 31.7 Å². The highest BCUT2D eigenvalue weighted by atomic mass is 32.1. The first-order valence-corrected chi connectivity index (χ1v) is 7.14. The molecule has 2 heterocycles. The molecule has 1 saturated heterocycles. The van der Waals surface area contributed by atoms with Gasteiger partial charge in [0.15, 0.2) is 0 Å². The van der Waals surface area contributed by atoms with Crippen molar-refractivity contribution in [3.8, 4) is 0 Å². The van der Waals surface area contributed by atoms with E-state index in [1.807, 2.05) is 13.8 Å². The number of thiophene rings is 1. The molecule has 1 atom stereocenters. The maximum atomic E-state index is 12.0. The SMILES string of the molecule is CCc1c(C)sc(NC(=O)[C@@H]2CCCO2)c1C(=O)O.